The SMILES string of the molecule is Fc1c(Cl)ncc2c(N3CC4CCC(C3)N4)nc(OCC34CC(F)CN3CC3(C4)CC3(F)F)nc12. The van der Waals surface area contributed by atoms with Crippen molar-refractivity contribution in [1.29, 1.82) is 0 Å². The fraction of sp³-hybridized carbons (Fsp3) is 0.696. The first-order chi connectivity index (χ1) is 16.7. The van der Waals surface area contributed by atoms with E-state index in [0.717, 1.165) is 12.8 Å². The molecule has 0 aromatic carbocycles. The lowest BCUT2D eigenvalue weighted by molar-refractivity contribution is 0.0634. The van der Waals surface area contributed by atoms with Gasteiger partial charge in [-0.05, 0) is 19.3 Å². The highest BCUT2D eigenvalue weighted by molar-refractivity contribution is 6.30. The normalized spacial score (nSPS) is 37.4. The van der Waals surface area contributed by atoms with Gasteiger partial charge in [0.15, 0.2) is 11.0 Å². The molecule has 4 saturated heterocycles. The van der Waals surface area contributed by atoms with Crippen molar-refractivity contribution in [2.45, 2.75) is 61.8 Å². The third kappa shape index (κ3) is 3.33. The summed E-state index contributed by atoms with van der Waals surface area (Å²) in [6, 6.07) is 0.561. The molecule has 1 N–H and O–H groups in total. The van der Waals surface area contributed by atoms with Crippen molar-refractivity contribution in [2.24, 2.45) is 5.41 Å². The van der Waals surface area contributed by atoms with E-state index in [1.807, 2.05) is 0 Å². The summed E-state index contributed by atoms with van der Waals surface area (Å²) in [5.74, 6) is -2.98. The zero-order chi connectivity index (χ0) is 24.2. The second kappa shape index (κ2) is 7.29. The van der Waals surface area contributed by atoms with Crippen LogP contribution in [0.2, 0.25) is 5.15 Å². The molecular weight excluding hydrogens is 488 g/mol. The number of nitrogens with one attached hydrogen (secondary N) is 1. The molecule has 1 saturated carbocycles. The average molecular weight is 513 g/mol. The number of halogens is 5. The van der Waals surface area contributed by atoms with E-state index < -0.39 is 28.9 Å². The Kier molecular flexibility index (Phi) is 4.63. The monoisotopic (exact) mass is 512 g/mol. The standard InChI is InChI=1S/C23H25ClF4N6O/c24-18-16(26)17-15(4-29-18)19(33-6-13-1-2-14(7-33)30-13)32-20(31-17)35-11-22-3-12(25)5-34(22)10-21(8-22)9-23(21,27)28/h4,12-14,30H,1-3,5-11H2. The average Bonchev–Trinajstić information content (AvgIpc) is 3.09. The van der Waals surface area contributed by atoms with E-state index in [1.54, 1.807) is 4.90 Å². The van der Waals surface area contributed by atoms with Crippen molar-refractivity contribution < 1.29 is 22.3 Å². The number of ether oxygens (including phenoxy) is 1. The van der Waals surface area contributed by atoms with Crippen LogP contribution in [0.25, 0.3) is 10.9 Å². The smallest absolute Gasteiger partial charge is 0.319 e. The van der Waals surface area contributed by atoms with Gasteiger partial charge in [0.2, 0.25) is 0 Å². The van der Waals surface area contributed by atoms with E-state index in [0.29, 0.717) is 36.4 Å². The summed E-state index contributed by atoms with van der Waals surface area (Å²) in [7, 11) is 0. The lowest BCUT2D eigenvalue weighted by Crippen LogP contribution is -2.51. The molecule has 2 aromatic rings. The summed E-state index contributed by atoms with van der Waals surface area (Å²) in [4.78, 5) is 16.7. The van der Waals surface area contributed by atoms with E-state index >= 15 is 0 Å². The van der Waals surface area contributed by atoms with Crippen LogP contribution in [-0.2, 0) is 0 Å². The largest absolute Gasteiger partial charge is 0.461 e. The molecule has 5 aliphatic rings. The van der Waals surface area contributed by atoms with Gasteiger partial charge in [0.1, 0.15) is 24.1 Å². The molecule has 12 heteroatoms. The van der Waals surface area contributed by atoms with Crippen LogP contribution in [-0.4, -0.2) is 82.4 Å². The van der Waals surface area contributed by atoms with E-state index in [9.17, 15) is 17.6 Å². The Morgan fingerprint density at radius 2 is 1.89 bits per heavy atom. The molecule has 35 heavy (non-hydrogen) atoms. The molecule has 0 amide bonds. The van der Waals surface area contributed by atoms with Crippen LogP contribution in [0.15, 0.2) is 6.20 Å². The molecule has 7 nitrogen and oxygen atoms in total. The Balaban J connectivity index is 1.22. The molecule has 188 valence electrons. The predicted molar refractivity (Wildman–Crippen MR) is 120 cm³/mol. The Bertz CT molecular complexity index is 1210. The molecule has 5 atom stereocenters. The van der Waals surface area contributed by atoms with Gasteiger partial charge in [-0.25, -0.2) is 22.5 Å². The van der Waals surface area contributed by atoms with E-state index in [2.05, 4.69) is 25.2 Å². The zero-order valence-electron chi connectivity index (χ0n) is 18.9. The number of aromatic nitrogens is 3. The van der Waals surface area contributed by atoms with Crippen molar-refractivity contribution in [3.05, 3.63) is 17.2 Å². The van der Waals surface area contributed by atoms with E-state index in [-0.39, 0.29) is 55.6 Å². The number of alkyl halides is 3. The van der Waals surface area contributed by atoms with Gasteiger partial charge in [0.25, 0.3) is 5.92 Å². The number of fused-ring (bicyclic) bond motifs is 4. The summed E-state index contributed by atoms with van der Waals surface area (Å²) in [6.07, 6.45) is 2.59. The second-order valence-electron chi connectivity index (χ2n) is 11.0. The van der Waals surface area contributed by atoms with Crippen LogP contribution in [0.3, 0.4) is 0 Å². The fourth-order valence-corrected chi connectivity index (χ4v) is 7.06. The Labute approximate surface area is 204 Å². The highest BCUT2D eigenvalue weighted by Gasteiger charge is 2.77. The molecule has 2 aromatic heterocycles. The van der Waals surface area contributed by atoms with Gasteiger partial charge < -0.3 is 15.0 Å². The van der Waals surface area contributed by atoms with Gasteiger partial charge in [-0.1, -0.05) is 11.6 Å². The van der Waals surface area contributed by atoms with Crippen LogP contribution < -0.4 is 15.0 Å². The summed E-state index contributed by atoms with van der Waals surface area (Å²) >= 11 is 5.94. The lowest BCUT2D eigenvalue weighted by atomic mass is 9.88. The quantitative estimate of drug-likeness (QED) is 0.498. The first-order valence-corrected chi connectivity index (χ1v) is 12.5. The number of pyridine rings is 1. The molecule has 0 radical (unpaired) electrons. The third-order valence-electron chi connectivity index (χ3n) is 8.65. The van der Waals surface area contributed by atoms with Crippen molar-refractivity contribution in [2.75, 3.05) is 37.7 Å². The maximum Gasteiger partial charge on any atom is 0.319 e. The first kappa shape index (κ1) is 22.2. The van der Waals surface area contributed by atoms with Crippen LogP contribution in [0, 0.1) is 11.2 Å². The summed E-state index contributed by atoms with van der Waals surface area (Å²) in [6.45, 7) is 1.64. The number of piperazine rings is 1. The fourth-order valence-electron chi connectivity index (χ4n) is 6.93. The minimum atomic E-state index is -2.72. The minimum Gasteiger partial charge on any atom is -0.461 e. The Morgan fingerprint density at radius 1 is 1.14 bits per heavy atom. The lowest BCUT2D eigenvalue weighted by Gasteiger charge is -2.34. The number of nitrogens with zero attached hydrogens (tertiary/aromatic N) is 5. The molecule has 6 heterocycles. The van der Waals surface area contributed by atoms with Crippen LogP contribution >= 0.6 is 11.6 Å². The number of hydrogen-bond donors (Lipinski definition) is 1. The van der Waals surface area contributed by atoms with E-state index in [4.69, 9.17) is 16.3 Å². The zero-order valence-corrected chi connectivity index (χ0v) is 19.7. The maximum atomic E-state index is 15.0. The third-order valence-corrected chi connectivity index (χ3v) is 8.91. The number of rotatable bonds is 4. The van der Waals surface area contributed by atoms with Gasteiger partial charge in [-0.3, -0.25) is 4.90 Å². The van der Waals surface area contributed by atoms with Gasteiger partial charge in [0.05, 0.1) is 16.3 Å². The molecule has 7 rings (SSSR count). The molecule has 5 fully saturated rings. The van der Waals surface area contributed by atoms with Gasteiger partial charge in [-0.15, -0.1) is 0 Å². The molecule has 1 aliphatic carbocycles. The minimum absolute atomic E-state index is 0.00311. The first-order valence-electron chi connectivity index (χ1n) is 12.1. The summed E-state index contributed by atoms with van der Waals surface area (Å²) in [5.41, 5.74) is -1.95. The maximum absolute atomic E-state index is 15.0. The Morgan fingerprint density at radius 3 is 2.60 bits per heavy atom. The molecule has 1 spiro atoms. The Hall–Kier alpha value is -1.98. The van der Waals surface area contributed by atoms with Crippen LogP contribution in [0.4, 0.5) is 23.4 Å². The number of anilines is 1. The van der Waals surface area contributed by atoms with Crippen molar-refractivity contribution in [3.8, 4) is 6.01 Å². The number of hydrogen-bond acceptors (Lipinski definition) is 7. The highest BCUT2D eigenvalue weighted by atomic mass is 35.5. The van der Waals surface area contributed by atoms with Crippen LogP contribution in [0.5, 0.6) is 6.01 Å². The predicted octanol–water partition coefficient (Wildman–Crippen LogP) is 3.35. The highest BCUT2D eigenvalue weighted by Crippen LogP contribution is 2.69. The van der Waals surface area contributed by atoms with Gasteiger partial charge in [0, 0.05) is 57.3 Å². The van der Waals surface area contributed by atoms with Gasteiger partial charge >= 0.3 is 6.01 Å². The van der Waals surface area contributed by atoms with Crippen molar-refractivity contribution in [3.63, 3.8) is 0 Å². The van der Waals surface area contributed by atoms with Crippen LogP contribution in [0.1, 0.15) is 32.1 Å². The summed E-state index contributed by atoms with van der Waals surface area (Å²) in [5, 5.41) is 3.68. The molecule has 5 unspecified atom stereocenters. The molecule has 2 bridgehead atoms. The van der Waals surface area contributed by atoms with Crippen molar-refractivity contribution >= 4 is 28.3 Å². The topological polar surface area (TPSA) is 66.4 Å². The summed E-state index contributed by atoms with van der Waals surface area (Å²) < 4.78 is 63.7. The molecular formula is C23H25ClF4N6O. The second-order valence-corrected chi connectivity index (χ2v) is 11.4. The van der Waals surface area contributed by atoms with E-state index in [1.165, 1.54) is 6.20 Å². The van der Waals surface area contributed by atoms with Gasteiger partial charge in [-0.2, -0.15) is 9.97 Å². The molecule has 4 aliphatic heterocycles. The van der Waals surface area contributed by atoms with Crippen molar-refractivity contribution in [1.82, 2.24) is 25.2 Å².